The molecule has 0 aliphatic heterocycles. The second-order valence-electron chi connectivity index (χ2n) is 4.35. The number of nitro benzene ring substituents is 1. The normalized spacial score (nSPS) is 10.0. The Balaban J connectivity index is 3.09. The molecule has 7 heteroatoms. The van der Waals surface area contributed by atoms with Gasteiger partial charge in [0.05, 0.1) is 11.5 Å². The lowest BCUT2D eigenvalue weighted by molar-refractivity contribution is -0.385. The molecule has 1 rings (SSSR count). The molecule has 0 radical (unpaired) electrons. The second-order valence-corrected chi connectivity index (χ2v) is 4.35. The Morgan fingerprint density at radius 3 is 2.52 bits per heavy atom. The highest BCUT2D eigenvalue weighted by Crippen LogP contribution is 2.24. The molecule has 0 fully saturated rings. The highest BCUT2D eigenvalue weighted by Gasteiger charge is 2.26. The Bertz CT molecular complexity index is 556. The summed E-state index contributed by atoms with van der Waals surface area (Å²) in [6.07, 6.45) is 0. The minimum Gasteiger partial charge on any atom is -0.465 e. The molecule has 0 bridgehead atoms. The van der Waals surface area contributed by atoms with Crippen LogP contribution in [0.3, 0.4) is 0 Å². The molecule has 0 spiro atoms. The number of nitro groups is 1. The minimum atomic E-state index is -0.583. The highest BCUT2D eigenvalue weighted by molar-refractivity contribution is 6.00. The average molecular weight is 294 g/mol. The lowest BCUT2D eigenvalue weighted by Crippen LogP contribution is -2.36. The largest absolute Gasteiger partial charge is 0.465 e. The molecule has 0 aliphatic carbocycles. The molecule has 0 aromatic heterocycles. The van der Waals surface area contributed by atoms with Crippen LogP contribution in [0.15, 0.2) is 18.2 Å². The monoisotopic (exact) mass is 294 g/mol. The van der Waals surface area contributed by atoms with Crippen molar-refractivity contribution in [3.8, 4) is 0 Å². The van der Waals surface area contributed by atoms with Gasteiger partial charge in [-0.1, -0.05) is 12.1 Å². The number of aryl methyl sites for hydroxylation is 1. The van der Waals surface area contributed by atoms with E-state index in [2.05, 4.69) is 0 Å². The molecular weight excluding hydrogens is 276 g/mol. The Kier molecular flexibility index (Phi) is 5.83. The third-order valence-electron chi connectivity index (χ3n) is 2.94. The molecule has 0 aliphatic rings. The molecule has 21 heavy (non-hydrogen) atoms. The predicted molar refractivity (Wildman–Crippen MR) is 76.0 cm³/mol. The topological polar surface area (TPSA) is 89.8 Å². The number of nitrogens with zero attached hydrogens (tertiary/aromatic N) is 2. The first-order valence-corrected chi connectivity index (χ1v) is 6.61. The second kappa shape index (κ2) is 7.37. The molecule has 0 N–H and O–H groups in total. The van der Waals surface area contributed by atoms with Crippen LogP contribution < -0.4 is 0 Å². The van der Waals surface area contributed by atoms with Gasteiger partial charge in [-0.3, -0.25) is 19.7 Å². The van der Waals surface area contributed by atoms with Crippen LogP contribution in [-0.2, 0) is 9.53 Å². The zero-order valence-electron chi connectivity index (χ0n) is 12.3. The van der Waals surface area contributed by atoms with E-state index in [1.165, 1.54) is 11.0 Å². The smallest absolute Gasteiger partial charge is 0.325 e. The first-order valence-electron chi connectivity index (χ1n) is 6.61. The third kappa shape index (κ3) is 4.01. The van der Waals surface area contributed by atoms with Crippen molar-refractivity contribution < 1.29 is 19.2 Å². The van der Waals surface area contributed by atoms with E-state index in [1.54, 1.807) is 32.9 Å². The van der Waals surface area contributed by atoms with Crippen LogP contribution in [0.1, 0.15) is 29.8 Å². The van der Waals surface area contributed by atoms with Gasteiger partial charge >= 0.3 is 5.97 Å². The van der Waals surface area contributed by atoms with Crippen LogP contribution in [0.5, 0.6) is 0 Å². The molecular formula is C14H18N2O5. The van der Waals surface area contributed by atoms with Gasteiger partial charge in [-0.15, -0.1) is 0 Å². The van der Waals surface area contributed by atoms with Crippen molar-refractivity contribution >= 4 is 17.6 Å². The van der Waals surface area contributed by atoms with Gasteiger partial charge in [0, 0.05) is 12.1 Å². The van der Waals surface area contributed by atoms with Crippen molar-refractivity contribution in [3.63, 3.8) is 0 Å². The molecule has 114 valence electrons. The van der Waals surface area contributed by atoms with Crippen molar-refractivity contribution in [3.05, 3.63) is 39.4 Å². The number of carbonyl (C=O) groups is 2. The number of carbonyl (C=O) groups excluding carboxylic acids is 2. The van der Waals surface area contributed by atoms with Gasteiger partial charge in [0.25, 0.3) is 11.6 Å². The number of rotatable bonds is 6. The fourth-order valence-corrected chi connectivity index (χ4v) is 1.93. The van der Waals surface area contributed by atoms with Crippen LogP contribution in [0.25, 0.3) is 0 Å². The maximum atomic E-state index is 12.4. The summed E-state index contributed by atoms with van der Waals surface area (Å²) in [5.41, 5.74) is 0.147. The maximum Gasteiger partial charge on any atom is 0.325 e. The molecule has 0 saturated heterocycles. The van der Waals surface area contributed by atoms with E-state index in [-0.39, 0.29) is 30.9 Å². The standard InChI is InChI=1S/C14H18N2O5/c1-4-15(9-12(17)21-5-2)14(18)11-8-6-7-10(3)13(11)16(19)20/h6-8H,4-5,9H2,1-3H3. The predicted octanol–water partition coefficient (Wildman–Crippen LogP) is 1.93. The fourth-order valence-electron chi connectivity index (χ4n) is 1.93. The zero-order chi connectivity index (χ0) is 16.0. The van der Waals surface area contributed by atoms with Crippen molar-refractivity contribution in [1.82, 2.24) is 4.90 Å². The molecule has 7 nitrogen and oxygen atoms in total. The van der Waals surface area contributed by atoms with Gasteiger partial charge in [0.15, 0.2) is 0 Å². The summed E-state index contributed by atoms with van der Waals surface area (Å²) in [5, 5.41) is 11.1. The highest BCUT2D eigenvalue weighted by atomic mass is 16.6. The van der Waals surface area contributed by atoms with Gasteiger partial charge in [-0.2, -0.15) is 0 Å². The van der Waals surface area contributed by atoms with E-state index in [0.717, 1.165) is 0 Å². The lowest BCUT2D eigenvalue weighted by Gasteiger charge is -2.20. The summed E-state index contributed by atoms with van der Waals surface area (Å²) in [5.74, 6) is -1.09. The van der Waals surface area contributed by atoms with Crippen LogP contribution in [0, 0.1) is 17.0 Å². The van der Waals surface area contributed by atoms with Crippen LogP contribution in [0.4, 0.5) is 5.69 Å². The van der Waals surface area contributed by atoms with Crippen molar-refractivity contribution in [2.75, 3.05) is 19.7 Å². The number of hydrogen-bond donors (Lipinski definition) is 0. The Morgan fingerprint density at radius 1 is 1.33 bits per heavy atom. The Morgan fingerprint density at radius 2 is 2.00 bits per heavy atom. The van der Waals surface area contributed by atoms with E-state index < -0.39 is 16.8 Å². The first kappa shape index (κ1) is 16.6. The number of likely N-dealkylation sites (N-methyl/N-ethyl adjacent to an activating group) is 1. The van der Waals surface area contributed by atoms with Crippen molar-refractivity contribution in [1.29, 1.82) is 0 Å². The van der Waals surface area contributed by atoms with Crippen molar-refractivity contribution in [2.24, 2.45) is 0 Å². The number of esters is 1. The quantitative estimate of drug-likeness (QED) is 0.454. The maximum absolute atomic E-state index is 12.4. The first-order chi connectivity index (χ1) is 9.92. The Hall–Kier alpha value is -2.44. The van der Waals surface area contributed by atoms with Gasteiger partial charge < -0.3 is 9.64 Å². The molecule has 1 aromatic carbocycles. The minimum absolute atomic E-state index is 0.0221. The summed E-state index contributed by atoms with van der Waals surface area (Å²) in [4.78, 5) is 35.7. The van der Waals surface area contributed by atoms with Crippen molar-refractivity contribution in [2.45, 2.75) is 20.8 Å². The third-order valence-corrected chi connectivity index (χ3v) is 2.94. The number of hydrogen-bond acceptors (Lipinski definition) is 5. The lowest BCUT2D eigenvalue weighted by atomic mass is 10.1. The number of para-hydroxylation sites is 1. The van der Waals surface area contributed by atoms with Gasteiger partial charge in [-0.05, 0) is 26.8 Å². The van der Waals surface area contributed by atoms with Gasteiger partial charge in [0.1, 0.15) is 12.1 Å². The summed E-state index contributed by atoms with van der Waals surface area (Å²) in [6, 6.07) is 4.53. The number of ether oxygens (including phenoxy) is 1. The Labute approximate surface area is 122 Å². The van der Waals surface area contributed by atoms with Crippen LogP contribution in [0.2, 0.25) is 0 Å². The SMILES string of the molecule is CCOC(=O)CN(CC)C(=O)c1cccc(C)c1[N+](=O)[O-]. The molecule has 0 saturated carbocycles. The molecule has 1 aromatic rings. The van der Waals surface area contributed by atoms with E-state index in [4.69, 9.17) is 4.74 Å². The fraction of sp³-hybridized carbons (Fsp3) is 0.429. The molecule has 0 atom stereocenters. The van der Waals surface area contributed by atoms with E-state index >= 15 is 0 Å². The summed E-state index contributed by atoms with van der Waals surface area (Å²) >= 11 is 0. The summed E-state index contributed by atoms with van der Waals surface area (Å²) in [6.45, 7) is 5.17. The molecule has 0 heterocycles. The molecule has 0 unspecified atom stereocenters. The van der Waals surface area contributed by atoms with E-state index in [0.29, 0.717) is 5.56 Å². The molecule has 1 amide bonds. The van der Waals surface area contributed by atoms with E-state index in [1.807, 2.05) is 0 Å². The number of benzene rings is 1. The summed E-state index contributed by atoms with van der Waals surface area (Å²) in [7, 11) is 0. The van der Waals surface area contributed by atoms with Gasteiger partial charge in [0.2, 0.25) is 0 Å². The van der Waals surface area contributed by atoms with Crippen LogP contribution >= 0.6 is 0 Å². The van der Waals surface area contributed by atoms with Crippen LogP contribution in [-0.4, -0.2) is 41.4 Å². The zero-order valence-corrected chi connectivity index (χ0v) is 12.3. The van der Waals surface area contributed by atoms with E-state index in [9.17, 15) is 19.7 Å². The summed E-state index contributed by atoms with van der Waals surface area (Å²) < 4.78 is 4.79. The average Bonchev–Trinajstić information content (AvgIpc) is 2.43. The van der Waals surface area contributed by atoms with Gasteiger partial charge in [-0.25, -0.2) is 0 Å². The number of amides is 1.